The Hall–Kier alpha value is -0.475. The fourth-order valence-electron chi connectivity index (χ4n) is 0.418. The van der Waals surface area contributed by atoms with Crippen molar-refractivity contribution in [3.05, 3.63) is 10.3 Å². The van der Waals surface area contributed by atoms with Crippen LogP contribution in [0.5, 0.6) is 0 Å². The average molecular weight is 174 g/mol. The number of anilines is 1. The van der Waals surface area contributed by atoms with Crippen LogP contribution in [0.1, 0.15) is 0 Å². The molecule has 0 saturated heterocycles. The van der Waals surface area contributed by atoms with Crippen LogP contribution in [0.15, 0.2) is 0 Å². The molecule has 3 nitrogen and oxygen atoms in total. The van der Waals surface area contributed by atoms with E-state index in [0.717, 1.165) is 0 Å². The number of halogens is 2. The van der Waals surface area contributed by atoms with Crippen LogP contribution in [0.25, 0.3) is 0 Å². The van der Waals surface area contributed by atoms with Gasteiger partial charge in [-0.1, -0.05) is 23.2 Å². The summed E-state index contributed by atoms with van der Waals surface area (Å²) in [4.78, 5) is 7.19. The van der Waals surface area contributed by atoms with Crippen LogP contribution in [0, 0.1) is 0 Å². The zero-order valence-electron chi connectivity index (χ0n) is 4.81. The van der Waals surface area contributed by atoms with Gasteiger partial charge in [-0.15, -0.1) is 0 Å². The fourth-order valence-corrected chi connectivity index (χ4v) is 0.685. The Kier molecular flexibility index (Phi) is 2.01. The molecule has 2 N–H and O–H groups in total. The molecule has 1 rings (SSSR count). The van der Waals surface area contributed by atoms with E-state index >= 15 is 0 Å². The monoisotopic (exact) mass is 173 g/mol. The molecule has 0 bridgehead atoms. The van der Waals surface area contributed by atoms with Crippen molar-refractivity contribution in [2.45, 2.75) is 0 Å². The van der Waals surface area contributed by atoms with E-state index in [1.54, 1.807) is 0 Å². The summed E-state index contributed by atoms with van der Waals surface area (Å²) in [6.45, 7) is 0. The van der Waals surface area contributed by atoms with Crippen molar-refractivity contribution in [1.29, 1.82) is 0 Å². The summed E-state index contributed by atoms with van der Waals surface area (Å²) in [6, 6.07) is 0. The first kappa shape index (κ1) is 7.63. The van der Waals surface area contributed by atoms with Gasteiger partial charge in [0.15, 0.2) is 11.0 Å². The Bertz CT molecular complexity index is 215. The van der Waals surface area contributed by atoms with Gasteiger partial charge in [-0.05, 0) is 0 Å². The minimum absolute atomic E-state index is 0.0712. The van der Waals surface area contributed by atoms with Crippen molar-refractivity contribution < 1.29 is 0 Å². The zero-order chi connectivity index (χ0) is 7.72. The first-order chi connectivity index (χ1) is 4.61. The zero-order valence-corrected chi connectivity index (χ0v) is 6.32. The molecule has 1 aromatic rings. The lowest BCUT2D eigenvalue weighted by Gasteiger charge is -1.98. The topological polar surface area (TPSA) is 51.8 Å². The molecule has 1 heterocycles. The number of hydrogen-bond acceptors (Lipinski definition) is 3. The first-order valence-corrected chi connectivity index (χ1v) is 3.11. The van der Waals surface area contributed by atoms with Crippen LogP contribution in [0.4, 0.5) is 5.82 Å². The van der Waals surface area contributed by atoms with E-state index in [4.69, 9.17) is 36.8 Å². The highest BCUT2D eigenvalue weighted by Gasteiger charge is 2.02. The summed E-state index contributed by atoms with van der Waals surface area (Å²) in [5, 5.41) is 0.142. The van der Waals surface area contributed by atoms with Crippen molar-refractivity contribution >= 4 is 42.5 Å². The third-order valence-electron chi connectivity index (χ3n) is 0.860. The van der Waals surface area contributed by atoms with Crippen molar-refractivity contribution in [3.63, 3.8) is 0 Å². The number of aromatic nitrogens is 2. The SMILES string of the molecule is [B]c1nc(Cl)c(N)nc1Cl. The fraction of sp³-hybridized carbons (Fsp3) is 0. The molecule has 0 aliphatic carbocycles. The van der Waals surface area contributed by atoms with Crippen molar-refractivity contribution in [1.82, 2.24) is 9.97 Å². The van der Waals surface area contributed by atoms with Gasteiger partial charge in [0.2, 0.25) is 0 Å². The molecular weight excluding hydrogens is 172 g/mol. The van der Waals surface area contributed by atoms with E-state index in [2.05, 4.69) is 9.97 Å². The maximum atomic E-state index is 5.45. The summed E-state index contributed by atoms with van der Waals surface area (Å²) < 4.78 is 0. The Labute approximate surface area is 69.0 Å². The highest BCUT2D eigenvalue weighted by atomic mass is 35.5. The Morgan fingerprint density at radius 1 is 1.20 bits per heavy atom. The van der Waals surface area contributed by atoms with Gasteiger partial charge in [-0.3, -0.25) is 0 Å². The quantitative estimate of drug-likeness (QED) is 0.569. The summed E-state index contributed by atoms with van der Waals surface area (Å²) in [7, 11) is 5.24. The molecule has 0 spiro atoms. The number of hydrogen-bond donors (Lipinski definition) is 1. The second kappa shape index (κ2) is 2.64. The van der Waals surface area contributed by atoms with E-state index < -0.39 is 0 Å². The Morgan fingerprint density at radius 3 is 2.30 bits per heavy atom. The highest BCUT2D eigenvalue weighted by molar-refractivity contribution is 6.44. The van der Waals surface area contributed by atoms with E-state index in [-0.39, 0.29) is 21.7 Å². The van der Waals surface area contributed by atoms with Crippen LogP contribution in [-0.2, 0) is 0 Å². The number of rotatable bonds is 0. The lowest BCUT2D eigenvalue weighted by atomic mass is 10.1. The number of nitrogens with zero attached hydrogens (tertiary/aromatic N) is 2. The van der Waals surface area contributed by atoms with Crippen LogP contribution in [0.3, 0.4) is 0 Å². The maximum absolute atomic E-state index is 5.45. The van der Waals surface area contributed by atoms with Gasteiger partial charge in [0, 0.05) is 5.59 Å². The van der Waals surface area contributed by atoms with Crippen molar-refractivity contribution in [2.24, 2.45) is 0 Å². The standard InChI is InChI=1S/C4H2BCl2N3/c5-1-2(6)10-4(8)3(7)9-1/h(H2,8,10). The van der Waals surface area contributed by atoms with Gasteiger partial charge < -0.3 is 5.73 Å². The van der Waals surface area contributed by atoms with Gasteiger partial charge in [0.1, 0.15) is 13.0 Å². The second-order valence-electron chi connectivity index (χ2n) is 1.58. The third-order valence-corrected chi connectivity index (χ3v) is 1.42. The van der Waals surface area contributed by atoms with Crippen molar-refractivity contribution in [2.75, 3.05) is 5.73 Å². The lowest BCUT2D eigenvalue weighted by molar-refractivity contribution is 1.25. The minimum atomic E-state index is 0.0712. The maximum Gasteiger partial charge on any atom is 0.170 e. The predicted molar refractivity (Wildman–Crippen MR) is 41.9 cm³/mol. The summed E-state index contributed by atoms with van der Waals surface area (Å²) in [6.07, 6.45) is 0. The predicted octanol–water partition coefficient (Wildman–Crippen LogP) is 0.159. The Morgan fingerprint density at radius 2 is 1.80 bits per heavy atom. The molecule has 0 fully saturated rings. The Balaban J connectivity index is 3.28. The van der Waals surface area contributed by atoms with E-state index in [1.165, 1.54) is 0 Å². The van der Waals surface area contributed by atoms with Gasteiger partial charge in [0.05, 0.1) is 0 Å². The molecule has 50 valence electrons. The number of nitrogen functional groups attached to an aromatic ring is 1. The lowest BCUT2D eigenvalue weighted by Crippen LogP contribution is -2.13. The molecule has 0 atom stereocenters. The molecule has 1 aromatic heterocycles. The summed E-state index contributed by atoms with van der Waals surface area (Å²) in [5.74, 6) is 0.0841. The molecule has 0 aromatic carbocycles. The number of nitrogens with two attached hydrogens (primary N) is 1. The summed E-state index contributed by atoms with van der Waals surface area (Å²) >= 11 is 10.9. The van der Waals surface area contributed by atoms with E-state index in [0.29, 0.717) is 0 Å². The second-order valence-corrected chi connectivity index (χ2v) is 2.29. The molecule has 0 unspecified atom stereocenters. The molecule has 6 heteroatoms. The van der Waals surface area contributed by atoms with Gasteiger partial charge in [-0.2, -0.15) is 0 Å². The van der Waals surface area contributed by atoms with Crippen LogP contribution in [-0.4, -0.2) is 17.8 Å². The first-order valence-electron chi connectivity index (χ1n) is 2.35. The summed E-state index contributed by atoms with van der Waals surface area (Å²) in [5.41, 5.74) is 5.33. The smallest absolute Gasteiger partial charge is 0.170 e. The van der Waals surface area contributed by atoms with Crippen molar-refractivity contribution in [3.8, 4) is 0 Å². The van der Waals surface area contributed by atoms with Gasteiger partial charge >= 0.3 is 0 Å². The molecule has 0 aliphatic rings. The largest absolute Gasteiger partial charge is 0.381 e. The molecular formula is C4H2BCl2N3. The minimum Gasteiger partial charge on any atom is -0.381 e. The van der Waals surface area contributed by atoms with E-state index in [9.17, 15) is 0 Å². The average Bonchev–Trinajstić information content (AvgIpc) is 1.84. The molecule has 10 heavy (non-hydrogen) atoms. The van der Waals surface area contributed by atoms with Crippen LogP contribution in [0.2, 0.25) is 10.3 Å². The normalized spacial score (nSPS) is 9.80. The molecule has 2 radical (unpaired) electrons. The van der Waals surface area contributed by atoms with Crippen LogP contribution >= 0.6 is 23.2 Å². The van der Waals surface area contributed by atoms with Gasteiger partial charge in [-0.25, -0.2) is 9.97 Å². The molecule has 0 saturated carbocycles. The van der Waals surface area contributed by atoms with Gasteiger partial charge in [0.25, 0.3) is 0 Å². The van der Waals surface area contributed by atoms with E-state index in [1.807, 2.05) is 0 Å². The third kappa shape index (κ3) is 1.33. The van der Waals surface area contributed by atoms with Crippen LogP contribution < -0.4 is 11.3 Å². The molecule has 0 amide bonds. The molecule has 0 aliphatic heterocycles. The highest BCUT2D eigenvalue weighted by Crippen LogP contribution is 2.12.